The fourth-order valence-electron chi connectivity index (χ4n) is 2.12. The fourth-order valence-corrected chi connectivity index (χ4v) is 7.19. The molecule has 0 aliphatic heterocycles. The average molecular weight is 451 g/mol. The molecule has 0 saturated heterocycles. The average Bonchev–Trinajstić information content (AvgIpc) is 3.24. The zero-order valence-electron chi connectivity index (χ0n) is 13.0. The first-order valence-corrected chi connectivity index (χ1v) is 12.0. The Morgan fingerprint density at radius 1 is 0.654 bits per heavy atom. The minimum atomic E-state index is 0.724. The standard InChI is InChI=1S/C16H10N4S6/c21-15-19(11-7-3-1-4-8-11)17-13(23-15)25-26-14-18-20(16(22)24-14)12-9-5-2-6-10-12/h1-10H. The molecular weight excluding hydrogens is 441 g/mol. The first kappa shape index (κ1) is 18.1. The molecule has 0 unspecified atom stereocenters. The summed E-state index contributed by atoms with van der Waals surface area (Å²) in [4.78, 5) is 0. The van der Waals surface area contributed by atoms with Gasteiger partial charge in [0.1, 0.15) is 0 Å². The highest BCUT2D eigenvalue weighted by molar-refractivity contribution is 8.77. The van der Waals surface area contributed by atoms with Crippen molar-refractivity contribution in [2.75, 3.05) is 0 Å². The van der Waals surface area contributed by atoms with Crippen LogP contribution in [0.3, 0.4) is 0 Å². The van der Waals surface area contributed by atoms with Crippen LogP contribution in [-0.4, -0.2) is 19.6 Å². The monoisotopic (exact) mass is 450 g/mol. The van der Waals surface area contributed by atoms with Gasteiger partial charge in [-0.3, -0.25) is 0 Å². The minimum Gasteiger partial charge on any atom is -0.211 e. The Bertz CT molecular complexity index is 1040. The molecule has 0 saturated carbocycles. The molecule has 0 bridgehead atoms. The molecular formula is C16H10N4S6. The number of hydrogen-bond donors (Lipinski definition) is 0. The Morgan fingerprint density at radius 2 is 1.04 bits per heavy atom. The topological polar surface area (TPSA) is 35.6 Å². The van der Waals surface area contributed by atoms with Gasteiger partial charge in [0.25, 0.3) is 0 Å². The van der Waals surface area contributed by atoms with Crippen LogP contribution in [0.4, 0.5) is 0 Å². The van der Waals surface area contributed by atoms with Crippen LogP contribution in [0.25, 0.3) is 11.4 Å². The van der Waals surface area contributed by atoms with E-state index in [1.165, 1.54) is 22.7 Å². The number of benzene rings is 2. The van der Waals surface area contributed by atoms with Gasteiger partial charge in [-0.1, -0.05) is 59.1 Å². The van der Waals surface area contributed by atoms with E-state index < -0.39 is 0 Å². The molecule has 0 aliphatic carbocycles. The van der Waals surface area contributed by atoms with Gasteiger partial charge in [-0.25, -0.2) is 9.36 Å². The highest BCUT2D eigenvalue weighted by Gasteiger charge is 2.11. The summed E-state index contributed by atoms with van der Waals surface area (Å²) in [6.07, 6.45) is 0. The van der Waals surface area contributed by atoms with Crippen LogP contribution in [0, 0.1) is 7.91 Å². The second kappa shape index (κ2) is 8.15. The third-order valence-corrected chi connectivity index (χ3v) is 8.66. The number of aromatic nitrogens is 4. The Balaban J connectivity index is 1.52. The number of rotatable bonds is 5. The third kappa shape index (κ3) is 4.00. The molecule has 0 fully saturated rings. The summed E-state index contributed by atoms with van der Waals surface area (Å²) in [5.41, 5.74) is 1.93. The van der Waals surface area contributed by atoms with Gasteiger partial charge in [-0.05, 0) is 70.3 Å². The van der Waals surface area contributed by atoms with E-state index in [1.54, 1.807) is 31.0 Å². The van der Waals surface area contributed by atoms with E-state index in [0.29, 0.717) is 0 Å². The lowest BCUT2D eigenvalue weighted by Gasteiger charge is -1.99. The molecule has 0 aliphatic rings. The Hall–Kier alpha value is -1.30. The van der Waals surface area contributed by atoms with Crippen molar-refractivity contribution in [2.24, 2.45) is 0 Å². The second-order valence-corrected chi connectivity index (χ2v) is 10.8. The normalized spacial score (nSPS) is 10.9. The maximum absolute atomic E-state index is 5.44. The first-order valence-electron chi connectivity index (χ1n) is 7.36. The molecule has 2 aromatic carbocycles. The minimum absolute atomic E-state index is 0.724. The van der Waals surface area contributed by atoms with Gasteiger partial charge in [-0.2, -0.15) is 0 Å². The summed E-state index contributed by atoms with van der Waals surface area (Å²) in [6, 6.07) is 19.8. The van der Waals surface area contributed by atoms with Gasteiger partial charge in [0, 0.05) is 0 Å². The lowest BCUT2D eigenvalue weighted by molar-refractivity contribution is 0.829. The first-order chi connectivity index (χ1) is 12.7. The van der Waals surface area contributed by atoms with Gasteiger partial charge in [0.05, 0.1) is 11.4 Å². The molecule has 4 nitrogen and oxygen atoms in total. The van der Waals surface area contributed by atoms with E-state index in [2.05, 4.69) is 10.2 Å². The van der Waals surface area contributed by atoms with E-state index >= 15 is 0 Å². The third-order valence-electron chi connectivity index (χ3n) is 3.24. The fraction of sp³-hybridized carbons (Fsp3) is 0. The molecule has 130 valence electrons. The Kier molecular flexibility index (Phi) is 5.67. The molecule has 0 amide bonds. The molecule has 2 heterocycles. The van der Waals surface area contributed by atoms with E-state index in [4.69, 9.17) is 24.4 Å². The van der Waals surface area contributed by atoms with E-state index in [1.807, 2.05) is 60.7 Å². The molecule has 26 heavy (non-hydrogen) atoms. The number of hydrogen-bond acceptors (Lipinski definition) is 8. The van der Waals surface area contributed by atoms with Gasteiger partial charge in [0.2, 0.25) is 0 Å². The summed E-state index contributed by atoms with van der Waals surface area (Å²) in [5, 5.41) is 9.20. The van der Waals surface area contributed by atoms with Crippen molar-refractivity contribution >= 4 is 68.7 Å². The van der Waals surface area contributed by atoms with Crippen LogP contribution < -0.4 is 0 Å². The molecule has 4 rings (SSSR count). The largest absolute Gasteiger partial charge is 0.211 e. The van der Waals surface area contributed by atoms with E-state index in [0.717, 1.165) is 28.0 Å². The quantitative estimate of drug-likeness (QED) is 0.257. The SMILES string of the molecule is S=c1sc(SSc2nn(-c3ccccc3)c(=S)s2)nn1-c1ccccc1. The van der Waals surface area contributed by atoms with Crippen molar-refractivity contribution in [3.8, 4) is 11.4 Å². The van der Waals surface area contributed by atoms with Crippen molar-refractivity contribution < 1.29 is 0 Å². The summed E-state index contributed by atoms with van der Waals surface area (Å²) in [5.74, 6) is 0. The molecule has 0 spiro atoms. The summed E-state index contributed by atoms with van der Waals surface area (Å²) < 4.78 is 6.79. The molecule has 4 aromatic rings. The van der Waals surface area contributed by atoms with Gasteiger partial charge >= 0.3 is 0 Å². The van der Waals surface area contributed by atoms with Crippen molar-refractivity contribution in [1.29, 1.82) is 0 Å². The van der Waals surface area contributed by atoms with Crippen molar-refractivity contribution in [3.05, 3.63) is 68.6 Å². The zero-order chi connectivity index (χ0) is 17.9. The van der Waals surface area contributed by atoms with E-state index in [9.17, 15) is 0 Å². The maximum atomic E-state index is 5.44. The highest BCUT2D eigenvalue weighted by Crippen LogP contribution is 2.40. The smallest absolute Gasteiger partial charge is 0.184 e. The van der Waals surface area contributed by atoms with Crippen LogP contribution in [-0.2, 0) is 0 Å². The van der Waals surface area contributed by atoms with Crippen LogP contribution in [0.2, 0.25) is 0 Å². The second-order valence-electron chi connectivity index (χ2n) is 4.93. The highest BCUT2D eigenvalue weighted by atomic mass is 33.1. The Morgan fingerprint density at radius 3 is 1.42 bits per heavy atom. The van der Waals surface area contributed by atoms with E-state index in [-0.39, 0.29) is 0 Å². The van der Waals surface area contributed by atoms with Crippen molar-refractivity contribution in [3.63, 3.8) is 0 Å². The molecule has 0 N–H and O–H groups in total. The summed E-state index contributed by atoms with van der Waals surface area (Å²) in [7, 11) is 3.09. The predicted molar refractivity (Wildman–Crippen MR) is 116 cm³/mol. The number of nitrogens with zero attached hydrogens (tertiary/aromatic N) is 4. The summed E-state index contributed by atoms with van der Waals surface area (Å²) in [6.45, 7) is 0. The van der Waals surface area contributed by atoms with Crippen molar-refractivity contribution in [2.45, 2.75) is 8.68 Å². The summed E-state index contributed by atoms with van der Waals surface area (Å²) >= 11 is 13.9. The van der Waals surface area contributed by atoms with Gasteiger partial charge in [0.15, 0.2) is 16.6 Å². The molecule has 0 atom stereocenters. The van der Waals surface area contributed by atoms with Crippen LogP contribution in [0.5, 0.6) is 0 Å². The van der Waals surface area contributed by atoms with Crippen LogP contribution in [0.15, 0.2) is 69.3 Å². The van der Waals surface area contributed by atoms with Gasteiger partial charge < -0.3 is 0 Å². The predicted octanol–water partition coefficient (Wildman–Crippen LogP) is 6.44. The van der Waals surface area contributed by atoms with Crippen LogP contribution >= 0.6 is 68.7 Å². The van der Waals surface area contributed by atoms with Crippen molar-refractivity contribution in [1.82, 2.24) is 19.6 Å². The zero-order valence-corrected chi connectivity index (χ0v) is 17.9. The number of para-hydroxylation sites is 2. The lowest BCUT2D eigenvalue weighted by atomic mass is 10.3. The van der Waals surface area contributed by atoms with Gasteiger partial charge in [-0.15, -0.1) is 10.2 Å². The molecule has 10 heteroatoms. The molecule has 0 radical (unpaired) electrons. The Labute approximate surface area is 175 Å². The molecule has 2 aromatic heterocycles. The van der Waals surface area contributed by atoms with Crippen LogP contribution in [0.1, 0.15) is 0 Å². The maximum Gasteiger partial charge on any atom is 0.184 e. The lowest BCUT2D eigenvalue weighted by Crippen LogP contribution is -1.95.